The molecule has 0 aromatic heterocycles. The van der Waals surface area contributed by atoms with Gasteiger partial charge >= 0.3 is 0 Å². The van der Waals surface area contributed by atoms with E-state index in [-0.39, 0.29) is 11.8 Å². The Morgan fingerprint density at radius 1 is 0.889 bits per heavy atom. The van der Waals surface area contributed by atoms with Crippen LogP contribution in [-0.2, 0) is 11.3 Å². The van der Waals surface area contributed by atoms with Gasteiger partial charge in [-0.2, -0.15) is 0 Å². The van der Waals surface area contributed by atoms with E-state index < -0.39 is 0 Å². The van der Waals surface area contributed by atoms with Crippen LogP contribution in [0.2, 0.25) is 5.02 Å². The van der Waals surface area contributed by atoms with Gasteiger partial charge in [-0.3, -0.25) is 14.5 Å². The summed E-state index contributed by atoms with van der Waals surface area (Å²) in [5, 5.41) is 3.86. The molecule has 1 saturated heterocycles. The van der Waals surface area contributed by atoms with E-state index in [4.69, 9.17) is 11.6 Å². The minimum absolute atomic E-state index is 0.0210. The van der Waals surface area contributed by atoms with Crippen LogP contribution in [0.5, 0.6) is 0 Å². The van der Waals surface area contributed by atoms with Gasteiger partial charge in [0.1, 0.15) is 0 Å². The van der Waals surface area contributed by atoms with E-state index in [0.717, 1.165) is 71.6 Å². The molecule has 230 valence electrons. The number of piperazine rings is 1. The van der Waals surface area contributed by atoms with Crippen molar-refractivity contribution in [2.75, 3.05) is 49.1 Å². The third-order valence-corrected chi connectivity index (χ3v) is 9.62. The van der Waals surface area contributed by atoms with Gasteiger partial charge in [-0.25, -0.2) is 0 Å². The summed E-state index contributed by atoms with van der Waals surface area (Å²) < 4.78 is 0. The van der Waals surface area contributed by atoms with Gasteiger partial charge in [0.25, 0.3) is 11.8 Å². The molecule has 2 amide bonds. The summed E-state index contributed by atoms with van der Waals surface area (Å²) in [5.74, 6) is -0.105. The number of halogens is 1. The molecule has 2 heterocycles. The summed E-state index contributed by atoms with van der Waals surface area (Å²) in [6, 6.07) is 31.7. The zero-order valence-electron chi connectivity index (χ0n) is 25.4. The molecule has 1 fully saturated rings. The highest BCUT2D eigenvalue weighted by Crippen LogP contribution is 2.42. The first-order valence-corrected chi connectivity index (χ1v) is 16.6. The quantitative estimate of drug-likeness (QED) is 0.155. The van der Waals surface area contributed by atoms with E-state index in [1.165, 1.54) is 17.3 Å². The number of anilines is 2. The molecule has 0 saturated carbocycles. The van der Waals surface area contributed by atoms with Crippen LogP contribution >= 0.6 is 23.4 Å². The minimum atomic E-state index is -0.0842. The number of aryl methyl sites for hydroxylation is 1. The van der Waals surface area contributed by atoms with Gasteiger partial charge in [0, 0.05) is 43.2 Å². The molecule has 8 heteroatoms. The maximum absolute atomic E-state index is 13.7. The highest BCUT2D eigenvalue weighted by molar-refractivity contribution is 8.04. The molecule has 0 bridgehead atoms. The maximum atomic E-state index is 13.7. The average Bonchev–Trinajstić information content (AvgIpc) is 3.06. The van der Waals surface area contributed by atoms with E-state index in [9.17, 15) is 9.59 Å². The number of fused-ring (bicyclic) bond motifs is 1. The number of carbonyl (C=O) groups excluding carboxylic acids is 2. The van der Waals surface area contributed by atoms with Crippen molar-refractivity contribution in [2.45, 2.75) is 24.8 Å². The SMILES string of the molecule is Cc1cccc(CN2C(=O)C(=Cc3ccc(C(=O)NCCCN4CCN(c5ccccc5Cl)CC4)cc3)Sc3ccccc32)c1. The number of nitrogens with zero attached hydrogens (tertiary/aromatic N) is 3. The van der Waals surface area contributed by atoms with Gasteiger partial charge in [-0.05, 0) is 73.5 Å². The van der Waals surface area contributed by atoms with Crippen LogP contribution in [0.25, 0.3) is 6.08 Å². The number of thioether (sulfide) groups is 1. The van der Waals surface area contributed by atoms with E-state index in [0.29, 0.717) is 23.6 Å². The Morgan fingerprint density at radius 2 is 1.62 bits per heavy atom. The number of carbonyl (C=O) groups is 2. The second kappa shape index (κ2) is 14.4. The van der Waals surface area contributed by atoms with E-state index >= 15 is 0 Å². The van der Waals surface area contributed by atoms with Gasteiger partial charge < -0.3 is 15.1 Å². The number of hydrogen-bond donors (Lipinski definition) is 1. The molecular weight excluding hydrogens is 600 g/mol. The fraction of sp³-hybridized carbons (Fsp3) is 0.243. The van der Waals surface area contributed by atoms with E-state index in [2.05, 4.69) is 52.4 Å². The normalized spacial score (nSPS) is 16.1. The summed E-state index contributed by atoms with van der Waals surface area (Å²) in [6.07, 6.45) is 2.81. The second-order valence-corrected chi connectivity index (χ2v) is 13.0. The van der Waals surface area contributed by atoms with Crippen molar-refractivity contribution in [3.8, 4) is 0 Å². The Bertz CT molecular complexity index is 1700. The lowest BCUT2D eigenvalue weighted by Gasteiger charge is -2.36. The molecule has 0 radical (unpaired) electrons. The summed E-state index contributed by atoms with van der Waals surface area (Å²) in [7, 11) is 0. The standard InChI is InChI=1S/C37H37ClN4O2S/c1-27-8-6-9-29(24-27)26-42-33-12-4-5-13-34(33)45-35(37(42)44)25-28-14-16-30(17-15-28)36(43)39-18-7-19-40-20-22-41(23-21-40)32-11-3-2-10-31(32)38/h2-6,8-17,24-25H,7,18-23,26H2,1H3,(H,39,43). The number of para-hydroxylation sites is 2. The zero-order chi connectivity index (χ0) is 31.2. The molecular formula is C37H37ClN4O2S. The number of rotatable bonds is 9. The van der Waals surface area contributed by atoms with Crippen LogP contribution in [0, 0.1) is 6.92 Å². The van der Waals surface area contributed by atoms with Crippen LogP contribution < -0.4 is 15.1 Å². The van der Waals surface area contributed by atoms with Crippen LogP contribution in [0.1, 0.15) is 33.5 Å². The molecule has 4 aromatic carbocycles. The van der Waals surface area contributed by atoms with Crippen molar-refractivity contribution in [3.05, 3.63) is 129 Å². The summed E-state index contributed by atoms with van der Waals surface area (Å²) >= 11 is 7.86. The summed E-state index contributed by atoms with van der Waals surface area (Å²) in [6.45, 7) is 7.98. The second-order valence-electron chi connectivity index (χ2n) is 11.5. The van der Waals surface area contributed by atoms with Gasteiger partial charge in [0.2, 0.25) is 0 Å². The number of benzene rings is 4. The first-order chi connectivity index (χ1) is 21.9. The Morgan fingerprint density at radius 3 is 2.38 bits per heavy atom. The lowest BCUT2D eigenvalue weighted by atomic mass is 10.1. The highest BCUT2D eigenvalue weighted by Gasteiger charge is 2.29. The van der Waals surface area contributed by atoms with Crippen molar-refractivity contribution >= 4 is 52.6 Å². The summed E-state index contributed by atoms with van der Waals surface area (Å²) in [5.41, 5.74) is 5.78. The largest absolute Gasteiger partial charge is 0.368 e. The molecule has 1 N–H and O–H groups in total. The van der Waals surface area contributed by atoms with E-state index in [1.54, 1.807) is 0 Å². The minimum Gasteiger partial charge on any atom is -0.368 e. The highest BCUT2D eigenvalue weighted by atomic mass is 35.5. The summed E-state index contributed by atoms with van der Waals surface area (Å²) in [4.78, 5) is 34.8. The molecule has 0 spiro atoms. The van der Waals surface area contributed by atoms with Crippen LogP contribution in [0.4, 0.5) is 11.4 Å². The lowest BCUT2D eigenvalue weighted by Crippen LogP contribution is -2.47. The lowest BCUT2D eigenvalue weighted by molar-refractivity contribution is -0.114. The maximum Gasteiger partial charge on any atom is 0.265 e. The fourth-order valence-electron chi connectivity index (χ4n) is 5.82. The van der Waals surface area contributed by atoms with Crippen LogP contribution in [-0.4, -0.2) is 56.0 Å². The number of nitrogens with one attached hydrogen (secondary N) is 1. The van der Waals surface area contributed by atoms with Crippen LogP contribution in [0.15, 0.2) is 107 Å². The number of hydrogen-bond acceptors (Lipinski definition) is 5. The molecule has 45 heavy (non-hydrogen) atoms. The predicted octanol–water partition coefficient (Wildman–Crippen LogP) is 7.27. The molecule has 0 atom stereocenters. The number of amides is 2. The predicted molar refractivity (Wildman–Crippen MR) is 186 cm³/mol. The van der Waals surface area contributed by atoms with Crippen molar-refractivity contribution < 1.29 is 9.59 Å². The van der Waals surface area contributed by atoms with Crippen molar-refractivity contribution in [1.29, 1.82) is 0 Å². The monoisotopic (exact) mass is 636 g/mol. The van der Waals surface area contributed by atoms with Gasteiger partial charge in [0.05, 0.1) is 27.8 Å². The first kappa shape index (κ1) is 31.0. The third kappa shape index (κ3) is 7.61. The zero-order valence-corrected chi connectivity index (χ0v) is 27.0. The molecule has 2 aliphatic rings. The topological polar surface area (TPSA) is 55.9 Å². The van der Waals surface area contributed by atoms with Crippen LogP contribution in [0.3, 0.4) is 0 Å². The molecule has 6 rings (SSSR count). The third-order valence-electron chi connectivity index (χ3n) is 8.23. The Labute approximate surface area is 274 Å². The molecule has 0 aliphatic carbocycles. The smallest absolute Gasteiger partial charge is 0.265 e. The Balaban J connectivity index is 1.01. The van der Waals surface area contributed by atoms with Crippen molar-refractivity contribution in [3.63, 3.8) is 0 Å². The average molecular weight is 637 g/mol. The molecule has 6 nitrogen and oxygen atoms in total. The first-order valence-electron chi connectivity index (χ1n) is 15.4. The molecule has 2 aliphatic heterocycles. The van der Waals surface area contributed by atoms with Gasteiger partial charge in [-0.1, -0.05) is 89.6 Å². The van der Waals surface area contributed by atoms with Crippen molar-refractivity contribution in [1.82, 2.24) is 10.2 Å². The molecule has 4 aromatic rings. The van der Waals surface area contributed by atoms with Gasteiger partial charge in [-0.15, -0.1) is 0 Å². The Kier molecular flexibility index (Phi) is 9.89. The Hall–Kier alpha value is -4.04. The fourth-order valence-corrected chi connectivity index (χ4v) is 7.14. The van der Waals surface area contributed by atoms with Gasteiger partial charge in [0.15, 0.2) is 0 Å². The van der Waals surface area contributed by atoms with E-state index in [1.807, 2.05) is 77.7 Å². The van der Waals surface area contributed by atoms with Crippen molar-refractivity contribution in [2.24, 2.45) is 0 Å². The molecule has 0 unspecified atom stereocenters.